The number of carboxylic acid groups (broad SMARTS) is 1. The Labute approximate surface area is 170 Å². The van der Waals surface area contributed by atoms with Crippen molar-refractivity contribution in [1.29, 1.82) is 0 Å². The number of benzene rings is 2. The molecule has 150 valence electrons. The van der Waals surface area contributed by atoms with Gasteiger partial charge in [0.15, 0.2) is 0 Å². The van der Waals surface area contributed by atoms with Crippen LogP contribution in [-0.4, -0.2) is 21.6 Å². The molecule has 1 aliphatic rings. The summed E-state index contributed by atoms with van der Waals surface area (Å²) in [5, 5.41) is 13.6. The van der Waals surface area contributed by atoms with Crippen LogP contribution < -0.4 is 5.32 Å². The highest BCUT2D eigenvalue weighted by atomic mass is 16.4. The quantitative estimate of drug-likeness (QED) is 0.644. The zero-order chi connectivity index (χ0) is 20.4. The second-order valence-corrected chi connectivity index (χ2v) is 7.95. The number of amides is 1. The molecule has 1 heterocycles. The molecule has 0 spiro atoms. The highest BCUT2D eigenvalue weighted by Gasteiger charge is 2.42. The van der Waals surface area contributed by atoms with Crippen molar-refractivity contribution < 1.29 is 14.7 Å². The summed E-state index contributed by atoms with van der Waals surface area (Å²) in [5.74, 6) is -0.785. The topological polar surface area (TPSA) is 71.3 Å². The lowest BCUT2D eigenvalue weighted by atomic mass is 9.69. The summed E-state index contributed by atoms with van der Waals surface area (Å²) in [4.78, 5) is 24.9. The zero-order valence-corrected chi connectivity index (χ0v) is 16.6. The van der Waals surface area contributed by atoms with Crippen LogP contribution in [0.15, 0.2) is 54.6 Å². The van der Waals surface area contributed by atoms with Crippen molar-refractivity contribution in [2.75, 3.05) is 5.32 Å². The van der Waals surface area contributed by atoms with Crippen LogP contribution in [0.3, 0.4) is 0 Å². The van der Waals surface area contributed by atoms with E-state index in [1.165, 1.54) is 0 Å². The Bertz CT molecular complexity index is 1050. The maximum atomic E-state index is 13.4. The van der Waals surface area contributed by atoms with E-state index in [2.05, 4.69) is 12.2 Å². The molecule has 0 radical (unpaired) electrons. The van der Waals surface area contributed by atoms with Crippen LogP contribution in [0.4, 0.5) is 5.69 Å². The minimum Gasteiger partial charge on any atom is -0.480 e. The number of hydrogen-bond acceptors (Lipinski definition) is 2. The van der Waals surface area contributed by atoms with Crippen LogP contribution in [0.25, 0.3) is 10.9 Å². The Morgan fingerprint density at radius 3 is 2.55 bits per heavy atom. The SMILES string of the molecule is CCCC1(C(=O)Nc2ccccc2)CCc2c(c3ccccc3n2CC(=O)O)C1. The molecule has 1 atom stereocenters. The Balaban J connectivity index is 1.74. The first kappa shape index (κ1) is 19.2. The molecule has 4 rings (SSSR count). The molecule has 0 saturated heterocycles. The predicted octanol–water partition coefficient (Wildman–Crippen LogP) is 4.64. The van der Waals surface area contributed by atoms with Crippen molar-refractivity contribution >= 4 is 28.5 Å². The summed E-state index contributed by atoms with van der Waals surface area (Å²) in [6, 6.07) is 17.5. The van der Waals surface area contributed by atoms with E-state index in [-0.39, 0.29) is 12.5 Å². The van der Waals surface area contributed by atoms with E-state index in [9.17, 15) is 14.7 Å². The summed E-state index contributed by atoms with van der Waals surface area (Å²) in [6.45, 7) is 2.06. The van der Waals surface area contributed by atoms with Crippen LogP contribution in [0.2, 0.25) is 0 Å². The van der Waals surface area contributed by atoms with E-state index in [1.54, 1.807) is 0 Å². The van der Waals surface area contributed by atoms with E-state index in [0.29, 0.717) is 12.8 Å². The number of para-hydroxylation sites is 2. The Morgan fingerprint density at radius 1 is 1.10 bits per heavy atom. The maximum absolute atomic E-state index is 13.4. The fourth-order valence-corrected chi connectivity index (χ4v) is 4.80. The molecule has 3 aromatic rings. The van der Waals surface area contributed by atoms with E-state index in [0.717, 1.165) is 47.1 Å². The fraction of sp³-hybridized carbons (Fsp3) is 0.333. The highest BCUT2D eigenvalue weighted by Crippen LogP contribution is 2.44. The molecule has 0 bridgehead atoms. The standard InChI is InChI=1S/C24H26N2O3/c1-2-13-24(23(29)25-17-8-4-3-5-9-17)14-12-21-19(15-24)18-10-6-7-11-20(18)26(21)16-22(27)28/h3-11H,2,12-16H2,1H3,(H,25,29)(H,27,28). The van der Waals surface area contributed by atoms with Gasteiger partial charge in [0.1, 0.15) is 6.54 Å². The number of carbonyl (C=O) groups is 2. The molecule has 0 aliphatic heterocycles. The molecule has 29 heavy (non-hydrogen) atoms. The first-order valence-electron chi connectivity index (χ1n) is 10.2. The molecule has 1 unspecified atom stereocenters. The summed E-state index contributed by atoms with van der Waals surface area (Å²) in [5.41, 5.74) is 3.47. The average molecular weight is 390 g/mol. The number of aromatic nitrogens is 1. The van der Waals surface area contributed by atoms with Gasteiger partial charge >= 0.3 is 5.97 Å². The van der Waals surface area contributed by atoms with Crippen molar-refractivity contribution in [3.05, 3.63) is 65.9 Å². The summed E-state index contributed by atoms with van der Waals surface area (Å²) in [6.07, 6.45) is 3.80. The van der Waals surface area contributed by atoms with Crippen molar-refractivity contribution in [2.24, 2.45) is 5.41 Å². The smallest absolute Gasteiger partial charge is 0.323 e. The van der Waals surface area contributed by atoms with Gasteiger partial charge in [0, 0.05) is 22.3 Å². The van der Waals surface area contributed by atoms with Gasteiger partial charge in [-0.15, -0.1) is 0 Å². The lowest BCUT2D eigenvalue weighted by Gasteiger charge is -2.36. The lowest BCUT2D eigenvalue weighted by Crippen LogP contribution is -2.41. The van der Waals surface area contributed by atoms with Gasteiger partial charge in [-0.2, -0.15) is 0 Å². The monoisotopic (exact) mass is 390 g/mol. The van der Waals surface area contributed by atoms with Crippen molar-refractivity contribution in [1.82, 2.24) is 4.57 Å². The minimum absolute atomic E-state index is 0.0488. The number of carbonyl (C=O) groups excluding carboxylic acids is 1. The minimum atomic E-state index is -0.847. The van der Waals surface area contributed by atoms with Gasteiger partial charge in [0.05, 0.1) is 5.41 Å². The highest BCUT2D eigenvalue weighted by molar-refractivity contribution is 5.97. The average Bonchev–Trinajstić information content (AvgIpc) is 3.02. The molecule has 0 fully saturated rings. The van der Waals surface area contributed by atoms with Crippen LogP contribution in [0.5, 0.6) is 0 Å². The second-order valence-electron chi connectivity index (χ2n) is 7.95. The maximum Gasteiger partial charge on any atom is 0.323 e. The van der Waals surface area contributed by atoms with Crippen LogP contribution in [-0.2, 0) is 29.0 Å². The molecule has 5 nitrogen and oxygen atoms in total. The first-order valence-corrected chi connectivity index (χ1v) is 10.2. The number of carboxylic acids is 1. The van der Waals surface area contributed by atoms with Crippen LogP contribution >= 0.6 is 0 Å². The van der Waals surface area contributed by atoms with E-state index >= 15 is 0 Å². The lowest BCUT2D eigenvalue weighted by molar-refractivity contribution is -0.137. The van der Waals surface area contributed by atoms with Gasteiger partial charge in [0.2, 0.25) is 5.91 Å². The molecule has 0 saturated carbocycles. The number of fused-ring (bicyclic) bond motifs is 3. The largest absolute Gasteiger partial charge is 0.480 e. The van der Waals surface area contributed by atoms with Crippen molar-refractivity contribution in [2.45, 2.75) is 45.6 Å². The number of hydrogen-bond donors (Lipinski definition) is 2. The predicted molar refractivity (Wildman–Crippen MR) is 114 cm³/mol. The van der Waals surface area contributed by atoms with Gasteiger partial charge in [-0.1, -0.05) is 49.7 Å². The third-order valence-corrected chi connectivity index (χ3v) is 6.08. The van der Waals surface area contributed by atoms with Crippen LogP contribution in [0.1, 0.15) is 37.4 Å². The third kappa shape index (κ3) is 3.53. The summed E-state index contributed by atoms with van der Waals surface area (Å²) >= 11 is 0. The number of nitrogens with zero attached hydrogens (tertiary/aromatic N) is 1. The first-order chi connectivity index (χ1) is 14.0. The van der Waals surface area contributed by atoms with Crippen molar-refractivity contribution in [3.63, 3.8) is 0 Å². The molecule has 2 aromatic carbocycles. The van der Waals surface area contributed by atoms with Gasteiger partial charge in [0.25, 0.3) is 0 Å². The molecular weight excluding hydrogens is 364 g/mol. The van der Waals surface area contributed by atoms with E-state index < -0.39 is 11.4 Å². The summed E-state index contributed by atoms with van der Waals surface area (Å²) < 4.78 is 1.91. The number of rotatable bonds is 6. The van der Waals surface area contributed by atoms with Gasteiger partial charge in [-0.25, -0.2) is 0 Å². The fourth-order valence-electron chi connectivity index (χ4n) is 4.80. The molecule has 1 aromatic heterocycles. The molecule has 2 N–H and O–H groups in total. The number of aliphatic carboxylic acids is 1. The number of nitrogens with one attached hydrogen (secondary N) is 1. The Hall–Kier alpha value is -3.08. The van der Waals surface area contributed by atoms with Gasteiger partial charge < -0.3 is 15.0 Å². The third-order valence-electron chi connectivity index (χ3n) is 6.08. The van der Waals surface area contributed by atoms with E-state index in [4.69, 9.17) is 0 Å². The molecular formula is C24H26N2O3. The van der Waals surface area contributed by atoms with Gasteiger partial charge in [-0.3, -0.25) is 9.59 Å². The second kappa shape index (κ2) is 7.74. The molecule has 1 amide bonds. The van der Waals surface area contributed by atoms with Crippen molar-refractivity contribution in [3.8, 4) is 0 Å². The Kier molecular flexibility index (Phi) is 5.14. The number of anilines is 1. The van der Waals surface area contributed by atoms with Crippen LogP contribution in [0, 0.1) is 5.41 Å². The molecule has 5 heteroatoms. The summed E-state index contributed by atoms with van der Waals surface area (Å²) in [7, 11) is 0. The molecule has 1 aliphatic carbocycles. The Morgan fingerprint density at radius 2 is 1.83 bits per heavy atom. The van der Waals surface area contributed by atoms with E-state index in [1.807, 2.05) is 59.2 Å². The normalized spacial score (nSPS) is 18.4. The van der Waals surface area contributed by atoms with Gasteiger partial charge in [-0.05, 0) is 49.4 Å². The zero-order valence-electron chi connectivity index (χ0n) is 16.6.